The number of rotatable bonds is 11. The highest BCUT2D eigenvalue weighted by molar-refractivity contribution is 6.39. The summed E-state index contributed by atoms with van der Waals surface area (Å²) in [4.78, 5) is 36.3. The fourth-order valence-electron chi connectivity index (χ4n) is 4.70. The minimum absolute atomic E-state index is 0.0178. The summed E-state index contributed by atoms with van der Waals surface area (Å²) in [5.41, 5.74) is 0.906. The van der Waals surface area contributed by atoms with E-state index in [-0.39, 0.29) is 76.5 Å². The zero-order valence-electron chi connectivity index (χ0n) is 22.9. The van der Waals surface area contributed by atoms with Gasteiger partial charge in [0.15, 0.2) is 12.3 Å². The average molecular weight is 651 g/mol. The smallest absolute Gasteiger partial charge is 0.391 e. The van der Waals surface area contributed by atoms with Crippen LogP contribution in [0.15, 0.2) is 18.2 Å². The number of anilines is 2. The second-order valence-corrected chi connectivity index (χ2v) is 10.9. The predicted molar refractivity (Wildman–Crippen MR) is 151 cm³/mol. The molecule has 2 heterocycles. The van der Waals surface area contributed by atoms with Crippen molar-refractivity contribution in [3.05, 3.63) is 39.4 Å². The van der Waals surface area contributed by atoms with Gasteiger partial charge in [-0.15, -0.1) is 0 Å². The zero-order chi connectivity index (χ0) is 31.3. The first-order chi connectivity index (χ1) is 20.3. The number of aromatic amines is 1. The molecule has 2 amide bonds. The molecule has 0 saturated heterocycles. The van der Waals surface area contributed by atoms with Crippen LogP contribution in [0.1, 0.15) is 61.4 Å². The SMILES string of the molecule is CCCC(=O)NCc1ccc(Cl)c(Nc2nc3nc(OCC(F)F)c(C(=O)NC4CCC(C(F)(F)F)CC4)cc3[nH]2)c1Cl. The van der Waals surface area contributed by atoms with Crippen molar-refractivity contribution in [3.8, 4) is 5.88 Å². The van der Waals surface area contributed by atoms with Crippen molar-refractivity contribution >= 4 is 57.8 Å². The molecule has 0 unspecified atom stereocenters. The highest BCUT2D eigenvalue weighted by Crippen LogP contribution is 2.38. The van der Waals surface area contributed by atoms with Crippen LogP contribution in [0.4, 0.5) is 33.6 Å². The lowest BCUT2D eigenvalue weighted by molar-refractivity contribution is -0.182. The van der Waals surface area contributed by atoms with E-state index >= 15 is 0 Å². The lowest BCUT2D eigenvalue weighted by atomic mass is 9.85. The van der Waals surface area contributed by atoms with E-state index in [1.165, 1.54) is 6.07 Å². The Bertz CT molecular complexity index is 1460. The Morgan fingerprint density at radius 1 is 1.14 bits per heavy atom. The van der Waals surface area contributed by atoms with Crippen LogP contribution in [0.5, 0.6) is 5.88 Å². The molecule has 3 aromatic rings. The van der Waals surface area contributed by atoms with Gasteiger partial charge in [0.05, 0.1) is 27.2 Å². The Morgan fingerprint density at radius 2 is 1.86 bits per heavy atom. The van der Waals surface area contributed by atoms with E-state index < -0.39 is 43.0 Å². The number of nitrogens with zero attached hydrogens (tertiary/aromatic N) is 2. The molecule has 43 heavy (non-hydrogen) atoms. The number of imidazole rings is 1. The van der Waals surface area contributed by atoms with Crippen molar-refractivity contribution in [2.24, 2.45) is 5.92 Å². The van der Waals surface area contributed by atoms with E-state index in [0.29, 0.717) is 18.4 Å². The van der Waals surface area contributed by atoms with Gasteiger partial charge in [-0.1, -0.05) is 36.2 Å². The summed E-state index contributed by atoms with van der Waals surface area (Å²) in [7, 11) is 0. The molecule has 0 radical (unpaired) electrons. The zero-order valence-corrected chi connectivity index (χ0v) is 24.4. The number of aromatic nitrogens is 3. The average Bonchev–Trinajstić information content (AvgIpc) is 3.34. The minimum Gasteiger partial charge on any atom is -0.471 e. The van der Waals surface area contributed by atoms with Gasteiger partial charge in [-0.05, 0) is 49.8 Å². The van der Waals surface area contributed by atoms with Crippen LogP contribution in [0.3, 0.4) is 0 Å². The van der Waals surface area contributed by atoms with Gasteiger partial charge in [0, 0.05) is 19.0 Å². The topological polar surface area (TPSA) is 121 Å². The van der Waals surface area contributed by atoms with E-state index in [1.807, 2.05) is 6.92 Å². The largest absolute Gasteiger partial charge is 0.471 e. The Kier molecular flexibility index (Phi) is 10.5. The molecule has 16 heteroatoms. The quantitative estimate of drug-likeness (QED) is 0.167. The number of carbonyl (C=O) groups is 2. The number of nitrogens with one attached hydrogen (secondary N) is 4. The third kappa shape index (κ3) is 8.37. The first-order valence-electron chi connectivity index (χ1n) is 13.6. The van der Waals surface area contributed by atoms with Gasteiger partial charge >= 0.3 is 6.18 Å². The summed E-state index contributed by atoms with van der Waals surface area (Å²) in [6.07, 6.45) is -6.14. The molecule has 234 valence electrons. The van der Waals surface area contributed by atoms with Crippen molar-refractivity contribution in [1.82, 2.24) is 25.6 Å². The highest BCUT2D eigenvalue weighted by atomic mass is 35.5. The molecule has 1 aliphatic carbocycles. The number of pyridine rings is 1. The van der Waals surface area contributed by atoms with Gasteiger partial charge < -0.3 is 25.7 Å². The van der Waals surface area contributed by atoms with Crippen molar-refractivity contribution < 1.29 is 36.3 Å². The van der Waals surface area contributed by atoms with Crippen molar-refractivity contribution in [1.29, 1.82) is 0 Å². The first-order valence-corrected chi connectivity index (χ1v) is 14.3. The predicted octanol–water partition coefficient (Wildman–Crippen LogP) is 6.92. The highest BCUT2D eigenvalue weighted by Gasteiger charge is 2.41. The summed E-state index contributed by atoms with van der Waals surface area (Å²) in [5, 5.41) is 8.84. The van der Waals surface area contributed by atoms with Crippen LogP contribution < -0.4 is 20.7 Å². The summed E-state index contributed by atoms with van der Waals surface area (Å²) in [6, 6.07) is 4.02. The molecule has 4 N–H and O–H groups in total. The van der Waals surface area contributed by atoms with Gasteiger partial charge in [0.25, 0.3) is 12.3 Å². The van der Waals surface area contributed by atoms with E-state index in [0.717, 1.165) is 0 Å². The second kappa shape index (κ2) is 13.9. The molecule has 9 nitrogen and oxygen atoms in total. The summed E-state index contributed by atoms with van der Waals surface area (Å²) >= 11 is 12.9. The number of halogens is 7. The molecule has 1 fully saturated rings. The Labute approximate surface area is 253 Å². The number of carbonyl (C=O) groups excluding carboxylic acids is 2. The lowest BCUT2D eigenvalue weighted by Gasteiger charge is -2.30. The van der Waals surface area contributed by atoms with E-state index in [4.69, 9.17) is 27.9 Å². The van der Waals surface area contributed by atoms with Gasteiger partial charge in [-0.25, -0.2) is 8.78 Å². The van der Waals surface area contributed by atoms with Crippen LogP contribution >= 0.6 is 23.2 Å². The normalized spacial score (nSPS) is 17.2. The van der Waals surface area contributed by atoms with Gasteiger partial charge in [0.1, 0.15) is 5.56 Å². The number of benzene rings is 1. The van der Waals surface area contributed by atoms with Crippen molar-refractivity contribution in [2.75, 3.05) is 11.9 Å². The molecular formula is C27H29Cl2F5N6O3. The molecule has 0 spiro atoms. The molecule has 0 aliphatic heterocycles. The maximum atomic E-state index is 13.1. The van der Waals surface area contributed by atoms with Crippen molar-refractivity contribution in [2.45, 2.75) is 70.6 Å². The summed E-state index contributed by atoms with van der Waals surface area (Å²) in [6.45, 7) is 0.999. The van der Waals surface area contributed by atoms with Gasteiger partial charge in [0.2, 0.25) is 17.7 Å². The molecule has 0 atom stereocenters. The fourth-order valence-corrected chi connectivity index (χ4v) is 5.23. The number of H-pyrrole nitrogens is 1. The molecule has 1 aromatic carbocycles. The lowest BCUT2D eigenvalue weighted by Crippen LogP contribution is -2.40. The van der Waals surface area contributed by atoms with Crippen LogP contribution in [-0.2, 0) is 11.3 Å². The molecular weight excluding hydrogens is 622 g/mol. The Hall–Kier alpha value is -3.39. The maximum absolute atomic E-state index is 13.1. The monoisotopic (exact) mass is 650 g/mol. The fraction of sp³-hybridized carbons (Fsp3) is 0.481. The van der Waals surface area contributed by atoms with Gasteiger partial charge in [-0.2, -0.15) is 23.1 Å². The summed E-state index contributed by atoms with van der Waals surface area (Å²) in [5.74, 6) is -2.61. The van der Waals surface area contributed by atoms with E-state index in [1.54, 1.807) is 12.1 Å². The third-order valence-electron chi connectivity index (χ3n) is 6.92. The summed E-state index contributed by atoms with van der Waals surface area (Å²) < 4.78 is 70.0. The number of amides is 2. The molecule has 1 saturated carbocycles. The van der Waals surface area contributed by atoms with Gasteiger partial charge in [-0.3, -0.25) is 9.59 Å². The number of hydrogen-bond acceptors (Lipinski definition) is 6. The number of fused-ring (bicyclic) bond motifs is 1. The molecule has 1 aliphatic rings. The van der Waals surface area contributed by atoms with Crippen molar-refractivity contribution in [3.63, 3.8) is 0 Å². The molecule has 2 aromatic heterocycles. The first kappa shape index (κ1) is 32.5. The van der Waals surface area contributed by atoms with Crippen LogP contribution in [0.2, 0.25) is 10.0 Å². The third-order valence-corrected chi connectivity index (χ3v) is 7.67. The van der Waals surface area contributed by atoms with E-state index in [9.17, 15) is 31.5 Å². The standard InChI is InChI=1S/C27H29Cl2F5N6O3/c1-2-3-20(41)35-11-13-4-9-17(28)22(21(13)29)38-26-37-18-10-16(25(39-23(18)40-26)43-12-19(30)31)24(42)36-15-7-5-14(6-8-15)27(32,33)34/h4,9-10,14-15,19H,2-3,5-8,11-12H2,1H3,(H,35,41)(H,36,42)(H2,37,38,39,40). The maximum Gasteiger partial charge on any atom is 0.391 e. The van der Waals surface area contributed by atoms with E-state index in [2.05, 4.69) is 30.9 Å². The Balaban J connectivity index is 1.56. The minimum atomic E-state index is -4.30. The Morgan fingerprint density at radius 3 is 2.51 bits per heavy atom. The number of hydrogen-bond donors (Lipinski definition) is 4. The number of alkyl halides is 5. The molecule has 0 bridgehead atoms. The molecule has 4 rings (SSSR count). The second-order valence-electron chi connectivity index (χ2n) is 10.1. The van der Waals surface area contributed by atoms with Crippen LogP contribution in [0, 0.1) is 5.92 Å². The number of ether oxygens (including phenoxy) is 1. The van der Waals surface area contributed by atoms with Crippen LogP contribution in [0.25, 0.3) is 11.2 Å². The van der Waals surface area contributed by atoms with Crippen LogP contribution in [-0.4, -0.2) is 52.0 Å².